The van der Waals surface area contributed by atoms with Gasteiger partial charge < -0.3 is 19.9 Å². The number of aryl methyl sites for hydroxylation is 1. The number of methoxy groups -OCH3 is 1. The van der Waals surface area contributed by atoms with Gasteiger partial charge in [-0.05, 0) is 37.3 Å². The van der Waals surface area contributed by atoms with Crippen LogP contribution < -0.4 is 14.8 Å². The Morgan fingerprint density at radius 3 is 2.42 bits per heavy atom. The van der Waals surface area contributed by atoms with Gasteiger partial charge >= 0.3 is 11.9 Å². The van der Waals surface area contributed by atoms with Crippen molar-refractivity contribution in [3.8, 4) is 11.5 Å². The third-order valence-corrected chi connectivity index (χ3v) is 3.59. The molecule has 1 amide bonds. The summed E-state index contributed by atoms with van der Waals surface area (Å²) >= 11 is 0. The van der Waals surface area contributed by atoms with Gasteiger partial charge in [0, 0.05) is 12.0 Å². The molecule has 0 spiro atoms. The Morgan fingerprint density at radius 2 is 1.81 bits per heavy atom. The molecular formula is C19H19NO6. The van der Waals surface area contributed by atoms with Crippen LogP contribution in [0.25, 0.3) is 0 Å². The fraction of sp³-hybridized carbons (Fsp3) is 0.211. The van der Waals surface area contributed by atoms with E-state index in [0.29, 0.717) is 0 Å². The van der Waals surface area contributed by atoms with E-state index < -0.39 is 17.8 Å². The van der Waals surface area contributed by atoms with Crippen molar-refractivity contribution in [2.75, 3.05) is 12.4 Å². The monoisotopic (exact) mass is 357 g/mol. The van der Waals surface area contributed by atoms with Crippen molar-refractivity contribution in [3.63, 3.8) is 0 Å². The number of carboxylic acid groups (broad SMARTS) is 1. The Labute approximate surface area is 150 Å². The molecule has 0 aliphatic heterocycles. The first kappa shape index (κ1) is 19.0. The summed E-state index contributed by atoms with van der Waals surface area (Å²) in [4.78, 5) is 35.2. The topological polar surface area (TPSA) is 102 Å². The number of carboxylic acids is 1. The molecule has 7 heteroatoms. The summed E-state index contributed by atoms with van der Waals surface area (Å²) in [5.74, 6) is -1.64. The molecule has 0 aliphatic rings. The van der Waals surface area contributed by atoms with Crippen LogP contribution in [0.4, 0.5) is 5.69 Å². The maximum Gasteiger partial charge on any atom is 0.337 e. The molecule has 7 nitrogen and oxygen atoms in total. The highest BCUT2D eigenvalue weighted by molar-refractivity contribution is 6.08. The van der Waals surface area contributed by atoms with Crippen molar-refractivity contribution in [3.05, 3.63) is 53.1 Å². The summed E-state index contributed by atoms with van der Waals surface area (Å²) in [5.41, 5.74) is 1.19. The molecule has 26 heavy (non-hydrogen) atoms. The van der Waals surface area contributed by atoms with E-state index in [9.17, 15) is 19.5 Å². The van der Waals surface area contributed by atoms with E-state index in [2.05, 4.69) is 5.32 Å². The molecule has 0 fully saturated rings. The predicted octanol–water partition coefficient (Wildman–Crippen LogP) is 3.27. The van der Waals surface area contributed by atoms with E-state index >= 15 is 0 Å². The number of rotatable bonds is 6. The maximum absolute atomic E-state index is 12.5. The highest BCUT2D eigenvalue weighted by atomic mass is 16.6. The van der Waals surface area contributed by atoms with Crippen molar-refractivity contribution in [1.82, 2.24) is 0 Å². The number of anilines is 1. The predicted molar refractivity (Wildman–Crippen MR) is 95.0 cm³/mol. The summed E-state index contributed by atoms with van der Waals surface area (Å²) in [7, 11) is 1.39. The second-order valence-corrected chi connectivity index (χ2v) is 5.50. The molecule has 0 unspecified atom stereocenters. The van der Waals surface area contributed by atoms with E-state index in [1.54, 1.807) is 19.9 Å². The lowest BCUT2D eigenvalue weighted by Gasteiger charge is -2.12. The number of carbonyl (C=O) groups excluding carboxylic acids is 2. The number of carbonyl (C=O) groups is 3. The van der Waals surface area contributed by atoms with Gasteiger partial charge in [-0.3, -0.25) is 9.59 Å². The van der Waals surface area contributed by atoms with E-state index in [1.807, 2.05) is 0 Å². The second kappa shape index (κ2) is 8.15. The average molecular weight is 357 g/mol. The first-order chi connectivity index (χ1) is 12.3. The normalized spacial score (nSPS) is 10.1. The molecule has 0 heterocycles. The van der Waals surface area contributed by atoms with Gasteiger partial charge in [0.15, 0.2) is 11.5 Å². The van der Waals surface area contributed by atoms with Crippen LogP contribution in [0.5, 0.6) is 11.5 Å². The van der Waals surface area contributed by atoms with E-state index in [-0.39, 0.29) is 34.7 Å². The Kier molecular flexibility index (Phi) is 5.95. The van der Waals surface area contributed by atoms with Gasteiger partial charge in [-0.1, -0.05) is 18.6 Å². The molecule has 0 radical (unpaired) electrons. The van der Waals surface area contributed by atoms with Crippen LogP contribution in [0.3, 0.4) is 0 Å². The molecule has 0 aromatic heterocycles. The van der Waals surface area contributed by atoms with Crippen molar-refractivity contribution in [1.29, 1.82) is 0 Å². The second-order valence-electron chi connectivity index (χ2n) is 5.50. The minimum atomic E-state index is -1.14. The Bertz CT molecular complexity index is 859. The largest absolute Gasteiger partial charge is 0.493 e. The van der Waals surface area contributed by atoms with Gasteiger partial charge in [0.2, 0.25) is 0 Å². The lowest BCUT2D eigenvalue weighted by Crippen LogP contribution is -2.15. The zero-order valence-corrected chi connectivity index (χ0v) is 14.7. The number of hydrogen-bond acceptors (Lipinski definition) is 5. The van der Waals surface area contributed by atoms with Crippen molar-refractivity contribution in [2.24, 2.45) is 0 Å². The molecule has 0 saturated heterocycles. The fourth-order valence-electron chi connectivity index (χ4n) is 2.23. The number of nitrogens with one attached hydrogen (secondary N) is 1. The van der Waals surface area contributed by atoms with Crippen LogP contribution in [0.15, 0.2) is 36.4 Å². The Balaban J connectivity index is 2.28. The number of amides is 1. The lowest BCUT2D eigenvalue weighted by molar-refractivity contribution is -0.134. The van der Waals surface area contributed by atoms with Gasteiger partial charge in [-0.25, -0.2) is 4.79 Å². The van der Waals surface area contributed by atoms with Gasteiger partial charge in [-0.2, -0.15) is 0 Å². The van der Waals surface area contributed by atoms with Crippen LogP contribution in [0.1, 0.15) is 39.6 Å². The average Bonchev–Trinajstić information content (AvgIpc) is 2.62. The number of ether oxygens (including phenoxy) is 2. The van der Waals surface area contributed by atoms with Crippen molar-refractivity contribution >= 4 is 23.5 Å². The highest BCUT2D eigenvalue weighted by Gasteiger charge is 2.16. The maximum atomic E-state index is 12.5. The number of esters is 1. The first-order valence-electron chi connectivity index (χ1n) is 7.89. The standard InChI is InChI=1S/C19H19NO6/c1-4-17(21)26-15-8-6-12(10-16(15)25-3)18(22)20-14-7-5-11(2)9-13(14)19(23)24/h5-10H,4H2,1-3H3,(H,20,22)(H,23,24). The summed E-state index contributed by atoms with van der Waals surface area (Å²) < 4.78 is 10.3. The van der Waals surface area contributed by atoms with Gasteiger partial charge in [0.1, 0.15) is 0 Å². The third-order valence-electron chi connectivity index (χ3n) is 3.59. The summed E-state index contributed by atoms with van der Waals surface area (Å²) in [6.45, 7) is 3.43. The van der Waals surface area contributed by atoms with E-state index in [0.717, 1.165) is 5.56 Å². The van der Waals surface area contributed by atoms with Crippen LogP contribution >= 0.6 is 0 Å². The van der Waals surface area contributed by atoms with Crippen LogP contribution in [0, 0.1) is 6.92 Å². The minimum absolute atomic E-state index is 0.00110. The molecule has 2 rings (SSSR count). The molecule has 2 aromatic rings. The SMILES string of the molecule is CCC(=O)Oc1ccc(C(=O)Nc2ccc(C)cc2C(=O)O)cc1OC. The minimum Gasteiger partial charge on any atom is -0.493 e. The molecular weight excluding hydrogens is 338 g/mol. The zero-order chi connectivity index (χ0) is 19.3. The van der Waals surface area contributed by atoms with Gasteiger partial charge in [0.05, 0.1) is 18.4 Å². The summed E-state index contributed by atoms with van der Waals surface area (Å²) in [6.07, 6.45) is 0.205. The number of benzene rings is 2. The van der Waals surface area contributed by atoms with Crippen LogP contribution in [-0.4, -0.2) is 30.1 Å². The smallest absolute Gasteiger partial charge is 0.337 e. The Morgan fingerprint density at radius 1 is 1.08 bits per heavy atom. The fourth-order valence-corrected chi connectivity index (χ4v) is 2.23. The van der Waals surface area contributed by atoms with E-state index in [4.69, 9.17) is 9.47 Å². The quantitative estimate of drug-likeness (QED) is 0.608. The molecule has 136 valence electrons. The van der Waals surface area contributed by atoms with Crippen LogP contribution in [0.2, 0.25) is 0 Å². The van der Waals surface area contributed by atoms with Crippen molar-refractivity contribution < 1.29 is 29.0 Å². The number of hydrogen-bond donors (Lipinski definition) is 2. The molecule has 2 N–H and O–H groups in total. The van der Waals surface area contributed by atoms with Crippen LogP contribution in [-0.2, 0) is 4.79 Å². The molecule has 0 aliphatic carbocycles. The van der Waals surface area contributed by atoms with Gasteiger partial charge in [0.25, 0.3) is 5.91 Å². The van der Waals surface area contributed by atoms with E-state index in [1.165, 1.54) is 37.4 Å². The third kappa shape index (κ3) is 4.38. The lowest BCUT2D eigenvalue weighted by atomic mass is 10.1. The van der Waals surface area contributed by atoms with Gasteiger partial charge in [-0.15, -0.1) is 0 Å². The Hall–Kier alpha value is -3.35. The molecule has 0 bridgehead atoms. The summed E-state index contributed by atoms with van der Waals surface area (Å²) in [6, 6.07) is 9.05. The van der Waals surface area contributed by atoms with Crippen molar-refractivity contribution in [2.45, 2.75) is 20.3 Å². The zero-order valence-electron chi connectivity index (χ0n) is 14.7. The summed E-state index contributed by atoms with van der Waals surface area (Å²) in [5, 5.41) is 11.9. The first-order valence-corrected chi connectivity index (χ1v) is 7.89. The number of aromatic carboxylic acids is 1. The molecule has 2 aromatic carbocycles. The molecule has 0 saturated carbocycles. The molecule has 0 atom stereocenters. The highest BCUT2D eigenvalue weighted by Crippen LogP contribution is 2.29.